The van der Waals surface area contributed by atoms with Gasteiger partial charge in [-0.05, 0) is 18.2 Å². The van der Waals surface area contributed by atoms with E-state index in [-0.39, 0.29) is 16.9 Å². The van der Waals surface area contributed by atoms with Gasteiger partial charge in [0.1, 0.15) is 11.9 Å². The maximum Gasteiger partial charge on any atom is 0.193 e. The van der Waals surface area contributed by atoms with E-state index in [2.05, 4.69) is 0 Å². The summed E-state index contributed by atoms with van der Waals surface area (Å²) in [6.45, 7) is 0.452. The highest BCUT2D eigenvalue weighted by Gasteiger charge is 2.32. The number of carbonyl (C=O) groups excluding carboxylic acids is 1. The summed E-state index contributed by atoms with van der Waals surface area (Å²) in [7, 11) is 0. The number of epoxide rings is 1. The molecule has 1 unspecified atom stereocenters. The lowest BCUT2D eigenvalue weighted by Gasteiger charge is -1.98. The minimum Gasteiger partial charge on any atom is -0.364 e. The number of ketones is 1. The highest BCUT2D eigenvalue weighted by Crippen LogP contribution is 2.21. The Balaban J connectivity index is 2.30. The summed E-state index contributed by atoms with van der Waals surface area (Å²) in [5.74, 6) is -0.656. The van der Waals surface area contributed by atoms with Crippen molar-refractivity contribution in [2.75, 3.05) is 6.61 Å². The van der Waals surface area contributed by atoms with E-state index in [1.54, 1.807) is 0 Å². The zero-order chi connectivity index (χ0) is 9.42. The summed E-state index contributed by atoms with van der Waals surface area (Å²) in [4.78, 5) is 11.4. The number of rotatable bonds is 2. The third-order valence-electron chi connectivity index (χ3n) is 1.83. The van der Waals surface area contributed by atoms with Gasteiger partial charge in [0.15, 0.2) is 5.78 Å². The van der Waals surface area contributed by atoms with Gasteiger partial charge in [-0.15, -0.1) is 0 Å². The Bertz CT molecular complexity index is 361. The molecule has 0 N–H and O–H groups in total. The topological polar surface area (TPSA) is 29.6 Å². The summed E-state index contributed by atoms with van der Waals surface area (Å²) in [6.07, 6.45) is -0.346. The second-order valence-corrected chi connectivity index (χ2v) is 3.22. The molecule has 0 radical (unpaired) electrons. The van der Waals surface area contributed by atoms with E-state index in [1.165, 1.54) is 18.2 Å². The van der Waals surface area contributed by atoms with Crippen molar-refractivity contribution in [1.29, 1.82) is 0 Å². The summed E-state index contributed by atoms with van der Waals surface area (Å²) < 4.78 is 17.5. The molecule has 0 saturated carbocycles. The number of hydrogen-bond acceptors (Lipinski definition) is 2. The predicted molar refractivity (Wildman–Crippen MR) is 45.5 cm³/mol. The van der Waals surface area contributed by atoms with Crippen LogP contribution in [0.15, 0.2) is 18.2 Å². The van der Waals surface area contributed by atoms with Crippen LogP contribution >= 0.6 is 11.6 Å². The van der Waals surface area contributed by atoms with Gasteiger partial charge in [-0.3, -0.25) is 4.79 Å². The molecule has 2 nitrogen and oxygen atoms in total. The molecule has 4 heteroatoms. The first kappa shape index (κ1) is 8.66. The first-order valence-corrected chi connectivity index (χ1v) is 4.17. The summed E-state index contributed by atoms with van der Waals surface area (Å²) in [6, 6.07) is 3.91. The van der Waals surface area contributed by atoms with E-state index < -0.39 is 5.82 Å². The van der Waals surface area contributed by atoms with Crippen molar-refractivity contribution >= 4 is 17.4 Å². The maximum atomic E-state index is 12.7. The molecule has 1 saturated heterocycles. The molecule has 1 heterocycles. The van der Waals surface area contributed by atoms with Gasteiger partial charge in [-0.1, -0.05) is 11.6 Å². The Kier molecular flexibility index (Phi) is 2.06. The average Bonchev–Trinajstić information content (AvgIpc) is 2.91. The zero-order valence-electron chi connectivity index (χ0n) is 6.59. The lowest BCUT2D eigenvalue weighted by atomic mass is 10.1. The van der Waals surface area contributed by atoms with Crippen molar-refractivity contribution in [1.82, 2.24) is 0 Å². The van der Waals surface area contributed by atoms with E-state index in [0.717, 1.165) is 0 Å². The predicted octanol–water partition coefficient (Wildman–Crippen LogP) is 2.06. The molecule has 0 amide bonds. The van der Waals surface area contributed by atoms with Crippen molar-refractivity contribution in [2.24, 2.45) is 0 Å². The molecule has 2 rings (SSSR count). The van der Waals surface area contributed by atoms with Gasteiger partial charge >= 0.3 is 0 Å². The fraction of sp³-hybridized carbons (Fsp3) is 0.222. The van der Waals surface area contributed by atoms with Gasteiger partial charge in [0.2, 0.25) is 0 Å². The van der Waals surface area contributed by atoms with E-state index in [4.69, 9.17) is 16.3 Å². The third kappa shape index (κ3) is 1.71. The van der Waals surface area contributed by atoms with Crippen LogP contribution in [-0.2, 0) is 4.74 Å². The monoisotopic (exact) mass is 200 g/mol. The maximum absolute atomic E-state index is 12.7. The summed E-state index contributed by atoms with van der Waals surface area (Å²) >= 11 is 5.51. The Morgan fingerprint density at radius 2 is 2.31 bits per heavy atom. The highest BCUT2D eigenvalue weighted by molar-refractivity contribution is 6.31. The Hall–Kier alpha value is -0.930. The second kappa shape index (κ2) is 3.09. The van der Waals surface area contributed by atoms with Crippen LogP contribution in [0.5, 0.6) is 0 Å². The van der Waals surface area contributed by atoms with Crippen LogP contribution in [0, 0.1) is 5.82 Å². The Morgan fingerprint density at radius 1 is 1.62 bits per heavy atom. The number of benzene rings is 1. The van der Waals surface area contributed by atoms with Gasteiger partial charge in [0, 0.05) is 5.56 Å². The van der Waals surface area contributed by atoms with Crippen LogP contribution in [0.4, 0.5) is 4.39 Å². The molecule has 1 aliphatic rings. The molecule has 0 aromatic heterocycles. The van der Waals surface area contributed by atoms with Crippen LogP contribution < -0.4 is 0 Å². The van der Waals surface area contributed by atoms with E-state index in [0.29, 0.717) is 12.2 Å². The summed E-state index contributed by atoms with van der Waals surface area (Å²) in [5, 5.41) is -0.0356. The van der Waals surface area contributed by atoms with Crippen LogP contribution in [0.25, 0.3) is 0 Å². The smallest absolute Gasteiger partial charge is 0.193 e. The standard InChI is InChI=1S/C9H6ClFO2/c10-6-3-5(1-2-7(6)11)9(12)8-4-13-8/h1-3,8H,4H2. The van der Waals surface area contributed by atoms with Gasteiger partial charge in [0.25, 0.3) is 0 Å². The lowest BCUT2D eigenvalue weighted by Crippen LogP contribution is -2.06. The number of ether oxygens (including phenoxy) is 1. The van der Waals surface area contributed by atoms with Gasteiger partial charge in [-0.25, -0.2) is 4.39 Å². The van der Waals surface area contributed by atoms with Crippen molar-refractivity contribution in [2.45, 2.75) is 6.10 Å². The third-order valence-corrected chi connectivity index (χ3v) is 2.12. The number of Topliss-reactive ketones (excluding diaryl/α,β-unsaturated/α-hetero) is 1. The average molecular weight is 201 g/mol. The van der Waals surface area contributed by atoms with E-state index in [9.17, 15) is 9.18 Å². The molecular weight excluding hydrogens is 195 g/mol. The molecule has 1 aromatic rings. The Labute approximate surface area is 79.3 Å². The van der Waals surface area contributed by atoms with Crippen molar-refractivity contribution in [3.8, 4) is 0 Å². The number of hydrogen-bond donors (Lipinski definition) is 0. The normalized spacial score (nSPS) is 20.0. The zero-order valence-corrected chi connectivity index (χ0v) is 7.34. The summed E-state index contributed by atoms with van der Waals surface area (Å²) in [5.41, 5.74) is 0.397. The molecule has 0 bridgehead atoms. The molecule has 1 atom stereocenters. The molecule has 1 fully saturated rings. The molecule has 13 heavy (non-hydrogen) atoms. The lowest BCUT2D eigenvalue weighted by molar-refractivity contribution is 0.0953. The van der Waals surface area contributed by atoms with Gasteiger partial charge in [-0.2, -0.15) is 0 Å². The van der Waals surface area contributed by atoms with Crippen LogP contribution in [0.3, 0.4) is 0 Å². The van der Waals surface area contributed by atoms with E-state index in [1.807, 2.05) is 0 Å². The molecule has 0 aliphatic carbocycles. The molecular formula is C9H6ClFO2. The SMILES string of the molecule is O=C(c1ccc(F)c(Cl)c1)C1CO1. The van der Waals surface area contributed by atoms with E-state index >= 15 is 0 Å². The van der Waals surface area contributed by atoms with Gasteiger partial charge < -0.3 is 4.74 Å². The first-order chi connectivity index (χ1) is 6.18. The number of halogens is 2. The minimum absolute atomic E-state index is 0.0356. The molecule has 1 aromatic carbocycles. The fourth-order valence-corrected chi connectivity index (χ4v) is 1.22. The van der Waals surface area contributed by atoms with Gasteiger partial charge in [0.05, 0.1) is 11.6 Å². The first-order valence-electron chi connectivity index (χ1n) is 3.79. The van der Waals surface area contributed by atoms with Crippen LogP contribution in [0.2, 0.25) is 5.02 Å². The quantitative estimate of drug-likeness (QED) is 0.540. The largest absolute Gasteiger partial charge is 0.364 e. The van der Waals surface area contributed by atoms with Crippen LogP contribution in [-0.4, -0.2) is 18.5 Å². The molecule has 1 aliphatic heterocycles. The Morgan fingerprint density at radius 3 is 2.85 bits per heavy atom. The fourth-order valence-electron chi connectivity index (χ4n) is 1.03. The second-order valence-electron chi connectivity index (χ2n) is 2.82. The highest BCUT2D eigenvalue weighted by atomic mass is 35.5. The minimum atomic E-state index is -0.519. The molecule has 68 valence electrons. The van der Waals surface area contributed by atoms with Crippen molar-refractivity contribution in [3.63, 3.8) is 0 Å². The van der Waals surface area contributed by atoms with Crippen LogP contribution in [0.1, 0.15) is 10.4 Å². The molecule has 0 spiro atoms. The van der Waals surface area contributed by atoms with Crippen molar-refractivity contribution in [3.05, 3.63) is 34.6 Å². The van der Waals surface area contributed by atoms with Crippen molar-refractivity contribution < 1.29 is 13.9 Å². The number of carbonyl (C=O) groups is 1.